The summed E-state index contributed by atoms with van der Waals surface area (Å²) in [6, 6.07) is 5.83. The van der Waals surface area contributed by atoms with E-state index in [1.54, 1.807) is 13.0 Å². The third kappa shape index (κ3) is 5.82. The number of nitro benzene ring substituents is 1. The van der Waals surface area contributed by atoms with Gasteiger partial charge in [0, 0.05) is 12.1 Å². The van der Waals surface area contributed by atoms with Gasteiger partial charge in [-0.3, -0.25) is 19.7 Å². The second-order valence-corrected chi connectivity index (χ2v) is 4.26. The van der Waals surface area contributed by atoms with Gasteiger partial charge in [-0.05, 0) is 18.6 Å². The SMILES string of the molecule is C=CC(C)OC(=O)CC(=O)C=Cc1cccc([N+](=O)[O-])c1. The standard InChI is InChI=1S/C15H15NO5/c1-3-11(2)21-15(18)10-14(17)8-7-12-5-4-6-13(9-12)16(19)20/h3-9,11H,1,10H2,2H3. The van der Waals surface area contributed by atoms with Crippen molar-refractivity contribution in [1.29, 1.82) is 0 Å². The first-order valence-corrected chi connectivity index (χ1v) is 6.19. The van der Waals surface area contributed by atoms with Crippen LogP contribution >= 0.6 is 0 Å². The summed E-state index contributed by atoms with van der Waals surface area (Å²) in [6.45, 7) is 5.09. The van der Waals surface area contributed by atoms with Gasteiger partial charge in [-0.25, -0.2) is 0 Å². The van der Waals surface area contributed by atoms with Crippen LogP contribution in [0.15, 0.2) is 43.0 Å². The van der Waals surface area contributed by atoms with Crippen molar-refractivity contribution in [3.8, 4) is 0 Å². The monoisotopic (exact) mass is 289 g/mol. The van der Waals surface area contributed by atoms with Crippen molar-refractivity contribution in [1.82, 2.24) is 0 Å². The lowest BCUT2D eigenvalue weighted by Gasteiger charge is -2.06. The van der Waals surface area contributed by atoms with E-state index in [1.807, 2.05) is 0 Å². The van der Waals surface area contributed by atoms with Gasteiger partial charge in [-0.15, -0.1) is 0 Å². The largest absolute Gasteiger partial charge is 0.458 e. The Morgan fingerprint density at radius 3 is 2.81 bits per heavy atom. The van der Waals surface area contributed by atoms with E-state index < -0.39 is 22.8 Å². The molecule has 0 fully saturated rings. The quantitative estimate of drug-likeness (QED) is 0.192. The molecule has 0 aliphatic rings. The van der Waals surface area contributed by atoms with Crippen molar-refractivity contribution < 1.29 is 19.2 Å². The van der Waals surface area contributed by atoms with E-state index in [0.29, 0.717) is 5.56 Å². The van der Waals surface area contributed by atoms with Crippen LogP contribution in [0.3, 0.4) is 0 Å². The highest BCUT2D eigenvalue weighted by molar-refractivity contribution is 6.04. The number of nitro groups is 1. The van der Waals surface area contributed by atoms with Crippen molar-refractivity contribution in [2.75, 3.05) is 0 Å². The molecule has 21 heavy (non-hydrogen) atoms. The normalized spacial score (nSPS) is 11.9. The van der Waals surface area contributed by atoms with Crippen LogP contribution in [0.2, 0.25) is 0 Å². The summed E-state index contributed by atoms with van der Waals surface area (Å²) >= 11 is 0. The Bertz CT molecular complexity index is 591. The van der Waals surface area contributed by atoms with Crippen LogP contribution in [0.5, 0.6) is 0 Å². The number of hydrogen-bond donors (Lipinski definition) is 0. The molecule has 0 radical (unpaired) electrons. The highest BCUT2D eigenvalue weighted by atomic mass is 16.6. The maximum atomic E-state index is 11.6. The highest BCUT2D eigenvalue weighted by Crippen LogP contribution is 2.14. The zero-order valence-corrected chi connectivity index (χ0v) is 11.5. The molecule has 1 aromatic carbocycles. The third-order valence-electron chi connectivity index (χ3n) is 2.51. The molecule has 0 aliphatic heterocycles. The fourth-order valence-electron chi connectivity index (χ4n) is 1.43. The number of allylic oxidation sites excluding steroid dienone is 1. The Morgan fingerprint density at radius 2 is 2.19 bits per heavy atom. The first-order valence-electron chi connectivity index (χ1n) is 6.19. The molecule has 0 aromatic heterocycles. The summed E-state index contributed by atoms with van der Waals surface area (Å²) in [5, 5.41) is 10.6. The molecule has 1 atom stereocenters. The summed E-state index contributed by atoms with van der Waals surface area (Å²) in [5.74, 6) is -1.08. The molecule has 110 valence electrons. The molecule has 0 spiro atoms. The van der Waals surface area contributed by atoms with E-state index in [4.69, 9.17) is 4.74 Å². The number of carbonyl (C=O) groups is 2. The molecule has 1 rings (SSSR count). The molecule has 6 heteroatoms. The van der Waals surface area contributed by atoms with Crippen molar-refractivity contribution in [3.05, 3.63) is 58.7 Å². The second-order valence-electron chi connectivity index (χ2n) is 4.26. The number of nitrogens with zero attached hydrogens (tertiary/aromatic N) is 1. The second kappa shape index (κ2) is 7.74. The summed E-state index contributed by atoms with van der Waals surface area (Å²) in [6.07, 6.45) is 3.22. The Morgan fingerprint density at radius 1 is 1.48 bits per heavy atom. The number of ether oxygens (including phenoxy) is 1. The molecule has 0 saturated carbocycles. The van der Waals surface area contributed by atoms with E-state index in [1.165, 1.54) is 36.4 Å². The molecule has 0 aliphatic carbocycles. The fourth-order valence-corrected chi connectivity index (χ4v) is 1.43. The van der Waals surface area contributed by atoms with Gasteiger partial charge in [0.25, 0.3) is 5.69 Å². The summed E-state index contributed by atoms with van der Waals surface area (Å²) in [5.41, 5.74) is 0.439. The number of rotatable bonds is 7. The lowest BCUT2D eigenvalue weighted by atomic mass is 10.1. The van der Waals surface area contributed by atoms with Gasteiger partial charge >= 0.3 is 5.97 Å². The van der Waals surface area contributed by atoms with Crippen LogP contribution in [-0.4, -0.2) is 22.8 Å². The van der Waals surface area contributed by atoms with Crippen molar-refractivity contribution >= 4 is 23.5 Å². The summed E-state index contributed by atoms with van der Waals surface area (Å²) in [4.78, 5) is 33.0. The average Bonchev–Trinajstić information content (AvgIpc) is 2.45. The first kappa shape index (κ1) is 16.3. The number of hydrogen-bond acceptors (Lipinski definition) is 5. The third-order valence-corrected chi connectivity index (χ3v) is 2.51. The van der Waals surface area contributed by atoms with E-state index in [-0.39, 0.29) is 12.1 Å². The maximum absolute atomic E-state index is 11.6. The fraction of sp³-hybridized carbons (Fsp3) is 0.200. The number of carbonyl (C=O) groups excluding carboxylic acids is 2. The predicted molar refractivity (Wildman–Crippen MR) is 77.5 cm³/mol. The molecule has 0 N–H and O–H groups in total. The molecule has 0 heterocycles. The zero-order valence-electron chi connectivity index (χ0n) is 11.5. The summed E-state index contributed by atoms with van der Waals surface area (Å²) < 4.78 is 4.87. The van der Waals surface area contributed by atoms with Crippen LogP contribution in [0, 0.1) is 10.1 Å². The van der Waals surface area contributed by atoms with Crippen LogP contribution in [0.4, 0.5) is 5.69 Å². The van der Waals surface area contributed by atoms with Gasteiger partial charge in [-0.2, -0.15) is 0 Å². The molecule has 0 bridgehead atoms. The zero-order chi connectivity index (χ0) is 15.8. The van der Waals surface area contributed by atoms with Crippen LogP contribution < -0.4 is 0 Å². The minimum Gasteiger partial charge on any atom is -0.458 e. The molecule has 1 unspecified atom stereocenters. The van der Waals surface area contributed by atoms with Gasteiger partial charge in [0.2, 0.25) is 0 Å². The first-order chi connectivity index (χ1) is 9.92. The molecular weight excluding hydrogens is 274 g/mol. The Labute approximate surface area is 121 Å². The number of esters is 1. The number of ketones is 1. The lowest BCUT2D eigenvalue weighted by Crippen LogP contribution is -2.15. The minimum atomic E-state index is -0.643. The van der Waals surface area contributed by atoms with Crippen LogP contribution in [-0.2, 0) is 14.3 Å². The Kier molecular flexibility index (Phi) is 6.00. The van der Waals surface area contributed by atoms with E-state index in [2.05, 4.69) is 6.58 Å². The van der Waals surface area contributed by atoms with Crippen molar-refractivity contribution in [2.24, 2.45) is 0 Å². The molecule has 6 nitrogen and oxygen atoms in total. The smallest absolute Gasteiger partial charge is 0.314 e. The van der Waals surface area contributed by atoms with Gasteiger partial charge in [-0.1, -0.05) is 30.9 Å². The van der Waals surface area contributed by atoms with Gasteiger partial charge in [0.15, 0.2) is 5.78 Å². The molecule has 1 aromatic rings. The van der Waals surface area contributed by atoms with Gasteiger partial charge < -0.3 is 4.74 Å². The van der Waals surface area contributed by atoms with Crippen LogP contribution in [0.25, 0.3) is 6.08 Å². The summed E-state index contributed by atoms with van der Waals surface area (Å²) in [7, 11) is 0. The van der Waals surface area contributed by atoms with E-state index in [0.717, 1.165) is 0 Å². The predicted octanol–water partition coefficient (Wildman–Crippen LogP) is 2.68. The highest BCUT2D eigenvalue weighted by Gasteiger charge is 2.10. The molecule has 0 saturated heterocycles. The van der Waals surface area contributed by atoms with Crippen LogP contribution in [0.1, 0.15) is 18.9 Å². The number of benzene rings is 1. The minimum absolute atomic E-state index is 0.0659. The Hall–Kier alpha value is -2.76. The van der Waals surface area contributed by atoms with E-state index >= 15 is 0 Å². The maximum Gasteiger partial charge on any atom is 0.314 e. The van der Waals surface area contributed by atoms with Crippen molar-refractivity contribution in [2.45, 2.75) is 19.4 Å². The number of non-ortho nitro benzene ring substituents is 1. The topological polar surface area (TPSA) is 86.5 Å². The van der Waals surface area contributed by atoms with E-state index in [9.17, 15) is 19.7 Å². The molecule has 0 amide bonds. The Balaban J connectivity index is 2.62. The van der Waals surface area contributed by atoms with Gasteiger partial charge in [0.05, 0.1) is 4.92 Å². The lowest BCUT2D eigenvalue weighted by molar-refractivity contribution is -0.384. The van der Waals surface area contributed by atoms with Crippen molar-refractivity contribution in [3.63, 3.8) is 0 Å². The molecular formula is C15H15NO5. The average molecular weight is 289 g/mol. The van der Waals surface area contributed by atoms with Gasteiger partial charge in [0.1, 0.15) is 12.5 Å².